The van der Waals surface area contributed by atoms with Gasteiger partial charge >= 0.3 is 5.97 Å². The van der Waals surface area contributed by atoms with E-state index in [9.17, 15) is 14.9 Å². The molecule has 0 saturated carbocycles. The van der Waals surface area contributed by atoms with Gasteiger partial charge in [-0.05, 0) is 31.2 Å². The molecule has 0 radical (unpaired) electrons. The smallest absolute Gasteiger partial charge is 0.343 e. The first-order chi connectivity index (χ1) is 13.9. The zero-order valence-corrected chi connectivity index (χ0v) is 16.9. The molecule has 8 nitrogen and oxygen atoms in total. The number of aryl methyl sites for hydroxylation is 1. The molecule has 0 saturated heterocycles. The van der Waals surface area contributed by atoms with Crippen LogP contribution in [0.15, 0.2) is 51.0 Å². The van der Waals surface area contributed by atoms with E-state index in [2.05, 4.69) is 4.98 Å². The van der Waals surface area contributed by atoms with Crippen molar-refractivity contribution in [3.63, 3.8) is 0 Å². The van der Waals surface area contributed by atoms with Gasteiger partial charge in [0.1, 0.15) is 0 Å². The second kappa shape index (κ2) is 8.72. The predicted octanol–water partition coefficient (Wildman–Crippen LogP) is 4.61. The summed E-state index contributed by atoms with van der Waals surface area (Å²) in [5.74, 6) is -0.466. The quantitative estimate of drug-likeness (QED) is 0.242. The molecule has 0 N–H and O–H groups in total. The molecule has 0 bridgehead atoms. The molecule has 0 aliphatic carbocycles. The van der Waals surface area contributed by atoms with Crippen LogP contribution in [0.1, 0.15) is 21.6 Å². The van der Waals surface area contributed by atoms with Crippen LogP contribution in [0.4, 0.5) is 5.69 Å². The van der Waals surface area contributed by atoms with E-state index in [0.29, 0.717) is 14.8 Å². The molecule has 0 aliphatic heterocycles. The Morgan fingerprint density at radius 3 is 2.69 bits per heavy atom. The number of hydrogen-bond acceptors (Lipinski definition) is 9. The first-order valence-corrected chi connectivity index (χ1v) is 9.79. The summed E-state index contributed by atoms with van der Waals surface area (Å²) in [7, 11) is 1.38. The van der Waals surface area contributed by atoms with Gasteiger partial charge in [-0.15, -0.1) is 11.3 Å². The molecule has 3 rings (SSSR count). The molecule has 146 valence electrons. The van der Waals surface area contributed by atoms with Crippen molar-refractivity contribution < 1.29 is 19.2 Å². The standard InChI is InChI=1S/C19H13N3O5S2/c1-11-10-28-19(21-11)29-17-6-4-13(8-14(17)22(24)25)18(23)27-15-5-3-12(9-20)7-16(15)26-2/h3-8,10H,1-2H3. The van der Waals surface area contributed by atoms with Crippen molar-refractivity contribution in [1.82, 2.24) is 4.98 Å². The lowest BCUT2D eigenvalue weighted by atomic mass is 10.2. The SMILES string of the molecule is COc1cc(C#N)ccc1OC(=O)c1ccc(Sc2nc(C)cs2)c([N+](=O)[O-])c1. The molecule has 0 spiro atoms. The van der Waals surface area contributed by atoms with E-state index in [1.165, 1.54) is 54.8 Å². The molecule has 1 aromatic heterocycles. The average molecular weight is 427 g/mol. The summed E-state index contributed by atoms with van der Waals surface area (Å²) in [5.41, 5.74) is 0.972. The third-order valence-electron chi connectivity index (χ3n) is 3.68. The van der Waals surface area contributed by atoms with Gasteiger partial charge in [0, 0.05) is 23.2 Å². The predicted molar refractivity (Wildman–Crippen MR) is 107 cm³/mol. The van der Waals surface area contributed by atoms with Gasteiger partial charge in [-0.1, -0.05) is 11.8 Å². The highest BCUT2D eigenvalue weighted by molar-refractivity contribution is 8.01. The van der Waals surface area contributed by atoms with Crippen LogP contribution in [-0.4, -0.2) is 23.0 Å². The van der Waals surface area contributed by atoms with Crippen LogP contribution in [0.25, 0.3) is 0 Å². The summed E-state index contributed by atoms with van der Waals surface area (Å²) in [6, 6.07) is 10.4. The van der Waals surface area contributed by atoms with Crippen LogP contribution in [0.2, 0.25) is 0 Å². The lowest BCUT2D eigenvalue weighted by molar-refractivity contribution is -0.387. The Kier molecular flexibility index (Phi) is 6.11. The van der Waals surface area contributed by atoms with Crippen molar-refractivity contribution in [2.24, 2.45) is 0 Å². The van der Waals surface area contributed by atoms with Gasteiger partial charge in [0.15, 0.2) is 15.8 Å². The second-order valence-corrected chi connectivity index (χ2v) is 7.81. The Bertz CT molecular complexity index is 1140. The number of nitro benzene ring substituents is 1. The second-order valence-electron chi connectivity index (χ2n) is 5.66. The summed E-state index contributed by atoms with van der Waals surface area (Å²) < 4.78 is 11.1. The number of aromatic nitrogens is 1. The highest BCUT2D eigenvalue weighted by Crippen LogP contribution is 2.37. The van der Waals surface area contributed by atoms with Crippen LogP contribution in [0, 0.1) is 28.4 Å². The number of carbonyl (C=O) groups excluding carboxylic acids is 1. The summed E-state index contributed by atoms with van der Waals surface area (Å²) in [6.45, 7) is 1.84. The van der Waals surface area contributed by atoms with Crippen molar-refractivity contribution in [2.45, 2.75) is 16.2 Å². The molecular formula is C19H13N3O5S2. The van der Waals surface area contributed by atoms with Gasteiger partial charge < -0.3 is 9.47 Å². The van der Waals surface area contributed by atoms with E-state index in [0.717, 1.165) is 17.5 Å². The molecule has 29 heavy (non-hydrogen) atoms. The Morgan fingerprint density at radius 1 is 1.28 bits per heavy atom. The van der Waals surface area contributed by atoms with Crippen LogP contribution < -0.4 is 9.47 Å². The number of rotatable bonds is 6. The summed E-state index contributed by atoms with van der Waals surface area (Å²) in [6.07, 6.45) is 0. The van der Waals surface area contributed by atoms with Gasteiger partial charge in [-0.25, -0.2) is 9.78 Å². The van der Waals surface area contributed by atoms with Crippen LogP contribution in [0.5, 0.6) is 11.5 Å². The number of nitriles is 1. The lowest BCUT2D eigenvalue weighted by Crippen LogP contribution is -2.10. The van der Waals surface area contributed by atoms with Gasteiger partial charge in [-0.3, -0.25) is 10.1 Å². The fourth-order valence-corrected chi connectivity index (χ4v) is 4.21. The number of esters is 1. The van der Waals surface area contributed by atoms with Crippen LogP contribution in [-0.2, 0) is 0 Å². The first-order valence-electron chi connectivity index (χ1n) is 8.10. The van der Waals surface area contributed by atoms with E-state index in [1.807, 2.05) is 18.4 Å². The van der Waals surface area contributed by atoms with Crippen molar-refractivity contribution in [3.05, 3.63) is 68.7 Å². The fraction of sp³-hybridized carbons (Fsp3) is 0.105. The molecule has 10 heteroatoms. The topological polar surface area (TPSA) is 115 Å². The Morgan fingerprint density at radius 2 is 2.07 bits per heavy atom. The minimum absolute atomic E-state index is 0.0165. The molecule has 2 aromatic carbocycles. The van der Waals surface area contributed by atoms with Crippen LogP contribution in [0.3, 0.4) is 0 Å². The number of ether oxygens (including phenoxy) is 2. The van der Waals surface area contributed by atoms with Crippen molar-refractivity contribution in [1.29, 1.82) is 5.26 Å². The Labute approximate surface area is 173 Å². The number of hydrogen-bond donors (Lipinski definition) is 0. The third kappa shape index (κ3) is 4.71. The fourth-order valence-electron chi connectivity index (χ4n) is 2.33. The normalized spacial score (nSPS) is 10.2. The van der Waals surface area contributed by atoms with Crippen LogP contribution >= 0.6 is 23.1 Å². The lowest BCUT2D eigenvalue weighted by Gasteiger charge is -2.10. The summed E-state index contributed by atoms with van der Waals surface area (Å²) in [4.78, 5) is 28.1. The van der Waals surface area contributed by atoms with Gasteiger partial charge in [0.2, 0.25) is 0 Å². The maximum Gasteiger partial charge on any atom is 0.343 e. The van der Waals surface area contributed by atoms with Crippen molar-refractivity contribution >= 4 is 34.8 Å². The van der Waals surface area contributed by atoms with Gasteiger partial charge in [0.25, 0.3) is 5.69 Å². The summed E-state index contributed by atoms with van der Waals surface area (Å²) in [5, 5.41) is 22.3. The number of carbonyl (C=O) groups is 1. The molecule has 0 amide bonds. The number of benzene rings is 2. The van der Waals surface area contributed by atoms with Gasteiger partial charge in [0.05, 0.1) is 34.1 Å². The number of nitrogens with zero attached hydrogens (tertiary/aromatic N) is 3. The molecule has 3 aromatic rings. The molecule has 1 heterocycles. The minimum Gasteiger partial charge on any atom is -0.493 e. The van der Waals surface area contributed by atoms with E-state index < -0.39 is 10.9 Å². The van der Waals surface area contributed by atoms with Crippen molar-refractivity contribution in [3.8, 4) is 17.6 Å². The Hall–Kier alpha value is -3.42. The molecule has 0 fully saturated rings. The van der Waals surface area contributed by atoms with Gasteiger partial charge in [-0.2, -0.15) is 5.26 Å². The highest BCUT2D eigenvalue weighted by Gasteiger charge is 2.21. The Balaban J connectivity index is 1.87. The maximum absolute atomic E-state index is 12.5. The molecule has 0 aliphatic rings. The molecule has 0 atom stereocenters. The highest BCUT2D eigenvalue weighted by atomic mass is 32.2. The number of thiazole rings is 1. The third-order valence-corrected chi connectivity index (χ3v) is 5.80. The molecule has 0 unspecified atom stereocenters. The summed E-state index contributed by atoms with van der Waals surface area (Å²) >= 11 is 2.55. The number of nitro groups is 1. The average Bonchev–Trinajstić information content (AvgIpc) is 3.12. The van der Waals surface area contributed by atoms with E-state index in [4.69, 9.17) is 14.7 Å². The molecular weight excluding hydrogens is 414 g/mol. The van der Waals surface area contributed by atoms with E-state index in [1.54, 1.807) is 0 Å². The zero-order valence-electron chi connectivity index (χ0n) is 15.2. The first kappa shape index (κ1) is 20.3. The maximum atomic E-state index is 12.5. The number of methoxy groups -OCH3 is 1. The minimum atomic E-state index is -0.780. The largest absolute Gasteiger partial charge is 0.493 e. The van der Waals surface area contributed by atoms with Crippen molar-refractivity contribution in [2.75, 3.05) is 7.11 Å². The zero-order chi connectivity index (χ0) is 21.0. The van der Waals surface area contributed by atoms with E-state index >= 15 is 0 Å². The monoisotopic (exact) mass is 427 g/mol. The van der Waals surface area contributed by atoms with E-state index in [-0.39, 0.29) is 22.7 Å².